The van der Waals surface area contributed by atoms with Gasteiger partial charge in [0.15, 0.2) is 11.3 Å². The first-order valence-electron chi connectivity index (χ1n) is 10.6. The number of nitrogens with one attached hydrogen (secondary N) is 1. The fraction of sp³-hybridized carbons (Fsp3) is 0.435. The van der Waals surface area contributed by atoms with Crippen molar-refractivity contribution in [2.75, 3.05) is 13.2 Å². The average Bonchev–Trinajstić information content (AvgIpc) is 3.13. The molecule has 1 atom stereocenters. The molecule has 1 amide bonds. The van der Waals surface area contributed by atoms with E-state index in [9.17, 15) is 4.79 Å². The number of rotatable bonds is 4. The van der Waals surface area contributed by atoms with Gasteiger partial charge < -0.3 is 10.1 Å². The number of amides is 1. The number of hydrogen-bond acceptors (Lipinski definition) is 4. The van der Waals surface area contributed by atoms with Crippen molar-refractivity contribution in [3.05, 3.63) is 59.4 Å². The number of carbonyl (C=O) groups is 1. The number of ether oxygens (including phenoxy) is 1. The minimum absolute atomic E-state index is 0.0415. The highest BCUT2D eigenvalue weighted by Crippen LogP contribution is 2.30. The van der Waals surface area contributed by atoms with Crippen LogP contribution < -0.4 is 5.32 Å². The summed E-state index contributed by atoms with van der Waals surface area (Å²) in [4.78, 5) is 17.7. The molecule has 0 saturated carbocycles. The molecule has 1 aliphatic heterocycles. The van der Waals surface area contributed by atoms with E-state index in [-0.39, 0.29) is 11.9 Å². The number of fused-ring (bicyclic) bond motifs is 2. The van der Waals surface area contributed by atoms with Crippen LogP contribution in [0.15, 0.2) is 42.6 Å². The van der Waals surface area contributed by atoms with Gasteiger partial charge in [-0.25, -0.2) is 9.67 Å². The van der Waals surface area contributed by atoms with Crippen LogP contribution in [-0.4, -0.2) is 33.9 Å². The Hall–Kier alpha value is -2.73. The summed E-state index contributed by atoms with van der Waals surface area (Å²) in [5, 5.41) is 8.76. The van der Waals surface area contributed by atoms with Crippen LogP contribution in [0.1, 0.15) is 53.3 Å². The van der Waals surface area contributed by atoms with Crippen molar-refractivity contribution in [1.82, 2.24) is 20.1 Å². The van der Waals surface area contributed by atoms with E-state index in [1.165, 1.54) is 11.1 Å². The number of aryl methyl sites for hydroxylation is 1. The number of benzene rings is 1. The van der Waals surface area contributed by atoms with Crippen LogP contribution in [-0.2, 0) is 17.7 Å². The minimum atomic E-state index is -0.115. The summed E-state index contributed by atoms with van der Waals surface area (Å²) in [5.41, 5.74) is 3.83. The molecular formula is C23H26N4O2. The van der Waals surface area contributed by atoms with Crippen LogP contribution in [0.3, 0.4) is 0 Å². The predicted octanol–water partition coefficient (Wildman–Crippen LogP) is 3.67. The second kappa shape index (κ2) is 7.95. The molecule has 5 rings (SSSR count). The van der Waals surface area contributed by atoms with Crippen LogP contribution in [0.5, 0.6) is 0 Å². The van der Waals surface area contributed by atoms with E-state index in [4.69, 9.17) is 9.84 Å². The van der Waals surface area contributed by atoms with Gasteiger partial charge in [0.05, 0.1) is 11.4 Å². The Balaban J connectivity index is 1.42. The Kier molecular flexibility index (Phi) is 5.02. The molecule has 6 heteroatoms. The van der Waals surface area contributed by atoms with Crippen LogP contribution in [0.2, 0.25) is 0 Å². The predicted molar refractivity (Wildman–Crippen MR) is 111 cm³/mol. The molecule has 1 fully saturated rings. The average molecular weight is 390 g/mol. The first-order chi connectivity index (χ1) is 14.3. The zero-order valence-corrected chi connectivity index (χ0v) is 16.5. The Morgan fingerprint density at radius 3 is 2.90 bits per heavy atom. The van der Waals surface area contributed by atoms with Gasteiger partial charge in [0, 0.05) is 26.0 Å². The van der Waals surface area contributed by atoms with Crippen LogP contribution in [0, 0.1) is 5.92 Å². The normalized spacial score (nSPS) is 19.8. The quantitative estimate of drug-likeness (QED) is 0.738. The highest BCUT2D eigenvalue weighted by Gasteiger charge is 2.25. The topological polar surface area (TPSA) is 69.0 Å². The molecule has 3 heterocycles. The third-order valence-corrected chi connectivity index (χ3v) is 6.17. The van der Waals surface area contributed by atoms with Gasteiger partial charge in [0.2, 0.25) is 0 Å². The molecule has 0 unspecified atom stereocenters. The summed E-state index contributed by atoms with van der Waals surface area (Å²) in [7, 11) is 0. The summed E-state index contributed by atoms with van der Waals surface area (Å²) in [6.07, 6.45) is 6.94. The highest BCUT2D eigenvalue weighted by molar-refractivity contribution is 6.04. The van der Waals surface area contributed by atoms with Gasteiger partial charge in [-0.2, -0.15) is 5.10 Å². The molecule has 1 saturated heterocycles. The molecular weight excluding hydrogens is 364 g/mol. The fourth-order valence-electron chi connectivity index (χ4n) is 4.61. The third kappa shape index (κ3) is 3.65. The molecule has 1 aliphatic carbocycles. The van der Waals surface area contributed by atoms with E-state index in [0.717, 1.165) is 62.9 Å². The van der Waals surface area contributed by atoms with Crippen molar-refractivity contribution in [2.45, 2.75) is 44.7 Å². The van der Waals surface area contributed by atoms with Crippen molar-refractivity contribution in [1.29, 1.82) is 0 Å². The van der Waals surface area contributed by atoms with Gasteiger partial charge in [-0.15, -0.1) is 0 Å². The Morgan fingerprint density at radius 1 is 1.14 bits per heavy atom. The van der Waals surface area contributed by atoms with E-state index in [1.54, 1.807) is 6.20 Å². The first kappa shape index (κ1) is 18.3. The lowest BCUT2D eigenvalue weighted by molar-refractivity contribution is 0.0604. The summed E-state index contributed by atoms with van der Waals surface area (Å²) in [6.45, 7) is 2.37. The van der Waals surface area contributed by atoms with E-state index >= 15 is 0 Å². The van der Waals surface area contributed by atoms with Gasteiger partial charge in [0.1, 0.15) is 0 Å². The standard InChI is InChI=1S/C23H26N4O2/c28-23(25-20-9-3-6-17-5-1-2-7-18(17)20)21-19-8-4-12-24-22(19)27(26-21)15-16-10-13-29-14-11-16/h1-2,4-5,7-8,12,16,20H,3,6,9-11,13-15H2,(H,25,28)/t20-/m0/s1. The first-order valence-corrected chi connectivity index (χ1v) is 10.6. The van der Waals surface area contributed by atoms with E-state index in [0.29, 0.717) is 11.6 Å². The maximum atomic E-state index is 13.2. The molecule has 3 aromatic rings. The maximum Gasteiger partial charge on any atom is 0.272 e. The van der Waals surface area contributed by atoms with Crippen molar-refractivity contribution in [3.63, 3.8) is 0 Å². The van der Waals surface area contributed by atoms with Gasteiger partial charge in [0.25, 0.3) is 5.91 Å². The monoisotopic (exact) mass is 390 g/mol. The molecule has 2 aromatic heterocycles. The molecule has 1 aromatic carbocycles. The molecule has 0 radical (unpaired) electrons. The number of aromatic nitrogens is 3. The lowest BCUT2D eigenvalue weighted by Crippen LogP contribution is -2.31. The smallest absolute Gasteiger partial charge is 0.272 e. The Bertz CT molecular complexity index is 1020. The second-order valence-corrected chi connectivity index (χ2v) is 8.08. The summed E-state index contributed by atoms with van der Waals surface area (Å²) < 4.78 is 7.38. The lowest BCUT2D eigenvalue weighted by Gasteiger charge is -2.26. The fourth-order valence-corrected chi connectivity index (χ4v) is 4.61. The molecule has 2 aliphatic rings. The summed E-state index contributed by atoms with van der Waals surface area (Å²) in [5.74, 6) is 0.394. The number of nitrogens with zero attached hydrogens (tertiary/aromatic N) is 3. The van der Waals surface area contributed by atoms with Gasteiger partial charge in [-0.1, -0.05) is 24.3 Å². The van der Waals surface area contributed by atoms with Gasteiger partial charge in [-0.05, 0) is 61.3 Å². The zero-order valence-electron chi connectivity index (χ0n) is 16.5. The minimum Gasteiger partial charge on any atom is -0.381 e. The molecule has 6 nitrogen and oxygen atoms in total. The number of hydrogen-bond donors (Lipinski definition) is 1. The van der Waals surface area contributed by atoms with E-state index in [2.05, 4.69) is 28.5 Å². The number of pyridine rings is 1. The van der Waals surface area contributed by atoms with Crippen LogP contribution >= 0.6 is 0 Å². The maximum absolute atomic E-state index is 13.2. The molecule has 1 N–H and O–H groups in total. The van der Waals surface area contributed by atoms with E-state index < -0.39 is 0 Å². The van der Waals surface area contributed by atoms with Crippen molar-refractivity contribution < 1.29 is 9.53 Å². The summed E-state index contributed by atoms with van der Waals surface area (Å²) in [6, 6.07) is 12.3. The molecule has 150 valence electrons. The third-order valence-electron chi connectivity index (χ3n) is 6.17. The molecule has 0 bridgehead atoms. The van der Waals surface area contributed by atoms with Crippen molar-refractivity contribution >= 4 is 16.9 Å². The Morgan fingerprint density at radius 2 is 2.00 bits per heavy atom. The zero-order chi connectivity index (χ0) is 19.6. The highest BCUT2D eigenvalue weighted by atomic mass is 16.5. The van der Waals surface area contributed by atoms with Gasteiger partial charge >= 0.3 is 0 Å². The van der Waals surface area contributed by atoms with Crippen LogP contribution in [0.4, 0.5) is 0 Å². The Labute approximate surface area is 170 Å². The van der Waals surface area contributed by atoms with Crippen molar-refractivity contribution in [2.24, 2.45) is 5.92 Å². The molecule has 29 heavy (non-hydrogen) atoms. The second-order valence-electron chi connectivity index (χ2n) is 8.08. The van der Waals surface area contributed by atoms with Crippen LogP contribution in [0.25, 0.3) is 11.0 Å². The largest absolute Gasteiger partial charge is 0.381 e. The lowest BCUT2D eigenvalue weighted by atomic mass is 9.87. The van der Waals surface area contributed by atoms with Gasteiger partial charge in [-0.3, -0.25) is 4.79 Å². The SMILES string of the molecule is O=C(N[C@H]1CCCc2ccccc21)c1nn(CC2CCOCC2)c2ncccc12. The van der Waals surface area contributed by atoms with Crippen molar-refractivity contribution in [3.8, 4) is 0 Å². The molecule has 0 spiro atoms. The van der Waals surface area contributed by atoms with E-state index in [1.807, 2.05) is 22.9 Å². The summed E-state index contributed by atoms with van der Waals surface area (Å²) >= 11 is 0. The number of carbonyl (C=O) groups excluding carboxylic acids is 1.